The summed E-state index contributed by atoms with van der Waals surface area (Å²) >= 11 is 0. The smallest absolute Gasteiger partial charge is 0.224 e. The van der Waals surface area contributed by atoms with Crippen molar-refractivity contribution in [3.8, 4) is 0 Å². The van der Waals surface area contributed by atoms with Crippen molar-refractivity contribution in [2.45, 2.75) is 19.8 Å². The minimum Gasteiger partial charge on any atom is -0.383 e. The van der Waals surface area contributed by atoms with E-state index in [-0.39, 0.29) is 0 Å². The molecule has 0 spiro atoms. The lowest BCUT2D eigenvalue weighted by Gasteiger charge is -2.10. The van der Waals surface area contributed by atoms with Gasteiger partial charge in [0, 0.05) is 25.1 Å². The fourth-order valence-corrected chi connectivity index (χ4v) is 1.81. The van der Waals surface area contributed by atoms with Gasteiger partial charge in [0.2, 0.25) is 5.95 Å². The molecule has 0 amide bonds. The molecular weight excluding hydrogens is 190 g/mol. The van der Waals surface area contributed by atoms with Gasteiger partial charge in [0.25, 0.3) is 0 Å². The van der Waals surface area contributed by atoms with Gasteiger partial charge in [0.15, 0.2) is 0 Å². The Morgan fingerprint density at radius 1 is 1.33 bits per heavy atom. The number of hydrogen-bond donors (Lipinski definition) is 3. The lowest BCUT2D eigenvalue weighted by Crippen LogP contribution is -2.16. The number of nitrogen functional groups attached to an aromatic ring is 1. The van der Waals surface area contributed by atoms with Crippen molar-refractivity contribution in [3.63, 3.8) is 0 Å². The van der Waals surface area contributed by atoms with Crippen LogP contribution in [0.15, 0.2) is 0 Å². The van der Waals surface area contributed by atoms with Gasteiger partial charge in [-0.1, -0.05) is 0 Å². The summed E-state index contributed by atoms with van der Waals surface area (Å²) in [7, 11) is 0. The van der Waals surface area contributed by atoms with Crippen LogP contribution in [-0.2, 0) is 12.8 Å². The van der Waals surface area contributed by atoms with Crippen molar-refractivity contribution in [2.75, 3.05) is 30.7 Å². The molecule has 0 fully saturated rings. The van der Waals surface area contributed by atoms with Gasteiger partial charge in [0.05, 0.1) is 5.69 Å². The highest BCUT2D eigenvalue weighted by Crippen LogP contribution is 2.18. The average Bonchev–Trinajstić information content (AvgIpc) is 2.43. The Kier molecular flexibility index (Phi) is 3.01. The Hall–Kier alpha value is -1.36. The highest BCUT2D eigenvalue weighted by molar-refractivity contribution is 5.47. The summed E-state index contributed by atoms with van der Waals surface area (Å²) in [5, 5.41) is 6.43. The number of anilines is 2. The molecule has 0 aromatic carbocycles. The molecule has 0 atom stereocenters. The van der Waals surface area contributed by atoms with Gasteiger partial charge < -0.3 is 16.4 Å². The fraction of sp³-hybridized carbons (Fsp3) is 0.600. The first-order valence-electron chi connectivity index (χ1n) is 5.41. The molecule has 2 rings (SSSR count). The van der Waals surface area contributed by atoms with E-state index < -0.39 is 0 Å². The number of fused-ring (bicyclic) bond motifs is 1. The third-order valence-corrected chi connectivity index (χ3v) is 2.55. The quantitative estimate of drug-likeness (QED) is 0.645. The maximum Gasteiger partial charge on any atom is 0.224 e. The molecule has 0 saturated heterocycles. The van der Waals surface area contributed by atoms with E-state index in [0.717, 1.165) is 43.7 Å². The maximum atomic E-state index is 5.92. The Labute approximate surface area is 89.5 Å². The van der Waals surface area contributed by atoms with Crippen molar-refractivity contribution in [2.24, 2.45) is 0 Å². The Morgan fingerprint density at radius 2 is 2.13 bits per heavy atom. The molecular formula is C10H17N5. The fourth-order valence-electron chi connectivity index (χ4n) is 1.81. The number of hydrogen-bond acceptors (Lipinski definition) is 5. The predicted molar refractivity (Wildman–Crippen MR) is 60.9 cm³/mol. The van der Waals surface area contributed by atoms with Crippen LogP contribution in [0.3, 0.4) is 0 Å². The summed E-state index contributed by atoms with van der Waals surface area (Å²) in [6.07, 6.45) is 1.86. The molecule has 0 unspecified atom stereocenters. The van der Waals surface area contributed by atoms with E-state index in [9.17, 15) is 0 Å². The van der Waals surface area contributed by atoms with Crippen LogP contribution in [0, 0.1) is 0 Å². The molecule has 2 heterocycles. The second kappa shape index (κ2) is 4.44. The minimum absolute atomic E-state index is 0.625. The van der Waals surface area contributed by atoms with Gasteiger partial charge in [-0.25, -0.2) is 4.98 Å². The third kappa shape index (κ3) is 2.18. The van der Waals surface area contributed by atoms with E-state index in [1.54, 1.807) is 0 Å². The zero-order valence-electron chi connectivity index (χ0n) is 9.01. The van der Waals surface area contributed by atoms with Crippen molar-refractivity contribution < 1.29 is 0 Å². The van der Waals surface area contributed by atoms with Crippen molar-refractivity contribution in [1.29, 1.82) is 0 Å². The summed E-state index contributed by atoms with van der Waals surface area (Å²) in [4.78, 5) is 8.73. The predicted octanol–water partition coefficient (Wildman–Crippen LogP) is 0.179. The summed E-state index contributed by atoms with van der Waals surface area (Å²) < 4.78 is 0. The number of nitrogens with two attached hydrogens (primary N) is 1. The molecule has 0 aliphatic carbocycles. The van der Waals surface area contributed by atoms with E-state index >= 15 is 0 Å². The highest BCUT2D eigenvalue weighted by atomic mass is 15.1. The minimum atomic E-state index is 0.625. The van der Waals surface area contributed by atoms with Gasteiger partial charge in [-0.05, 0) is 19.9 Å². The first kappa shape index (κ1) is 10.2. The summed E-state index contributed by atoms with van der Waals surface area (Å²) in [5.41, 5.74) is 8.12. The van der Waals surface area contributed by atoms with Crippen molar-refractivity contribution >= 4 is 11.8 Å². The Balaban J connectivity index is 2.35. The standard InChI is InChI=1S/C10H17N5/c1-2-13-10-14-8-4-6-12-5-3-7(8)9(11)15-10/h12H,2-6H2,1H3,(H3,11,13,14,15). The van der Waals surface area contributed by atoms with Crippen LogP contribution in [0.2, 0.25) is 0 Å². The van der Waals surface area contributed by atoms with E-state index in [1.165, 1.54) is 0 Å². The highest BCUT2D eigenvalue weighted by Gasteiger charge is 2.14. The Bertz CT molecular complexity index is 350. The SMILES string of the molecule is CCNc1nc(N)c2c(n1)CCNCC2. The number of rotatable bonds is 2. The lowest BCUT2D eigenvalue weighted by molar-refractivity contribution is 0.708. The molecule has 1 aromatic heterocycles. The molecule has 82 valence electrons. The molecule has 0 bridgehead atoms. The van der Waals surface area contributed by atoms with Crippen molar-refractivity contribution in [1.82, 2.24) is 15.3 Å². The Morgan fingerprint density at radius 3 is 2.93 bits per heavy atom. The van der Waals surface area contributed by atoms with Crippen molar-refractivity contribution in [3.05, 3.63) is 11.3 Å². The van der Waals surface area contributed by atoms with Crippen LogP contribution >= 0.6 is 0 Å². The second-order valence-electron chi connectivity index (χ2n) is 3.64. The molecule has 1 aliphatic heterocycles. The number of aromatic nitrogens is 2. The molecule has 15 heavy (non-hydrogen) atoms. The van der Waals surface area contributed by atoms with E-state index in [2.05, 4.69) is 20.6 Å². The van der Waals surface area contributed by atoms with Crippen LogP contribution < -0.4 is 16.4 Å². The van der Waals surface area contributed by atoms with Gasteiger partial charge in [-0.15, -0.1) is 0 Å². The van der Waals surface area contributed by atoms with Gasteiger partial charge in [0.1, 0.15) is 5.82 Å². The monoisotopic (exact) mass is 207 g/mol. The van der Waals surface area contributed by atoms with Gasteiger partial charge >= 0.3 is 0 Å². The number of nitrogens with one attached hydrogen (secondary N) is 2. The summed E-state index contributed by atoms with van der Waals surface area (Å²) in [6, 6.07) is 0. The topological polar surface area (TPSA) is 75.9 Å². The van der Waals surface area contributed by atoms with Crippen LogP contribution in [0.4, 0.5) is 11.8 Å². The lowest BCUT2D eigenvalue weighted by atomic mass is 10.1. The maximum absolute atomic E-state index is 5.92. The third-order valence-electron chi connectivity index (χ3n) is 2.55. The zero-order valence-corrected chi connectivity index (χ0v) is 9.01. The molecule has 0 radical (unpaired) electrons. The van der Waals surface area contributed by atoms with Crippen LogP contribution in [-0.4, -0.2) is 29.6 Å². The van der Waals surface area contributed by atoms with Crippen LogP contribution in [0.5, 0.6) is 0 Å². The molecule has 5 heteroatoms. The molecule has 1 aliphatic rings. The van der Waals surface area contributed by atoms with Crippen LogP contribution in [0.1, 0.15) is 18.2 Å². The van der Waals surface area contributed by atoms with E-state index in [0.29, 0.717) is 11.8 Å². The normalized spacial score (nSPS) is 15.5. The van der Waals surface area contributed by atoms with Crippen LogP contribution in [0.25, 0.3) is 0 Å². The molecule has 1 aromatic rings. The largest absolute Gasteiger partial charge is 0.383 e. The van der Waals surface area contributed by atoms with E-state index in [4.69, 9.17) is 5.73 Å². The van der Waals surface area contributed by atoms with Gasteiger partial charge in [-0.2, -0.15) is 4.98 Å². The molecule has 0 saturated carbocycles. The number of nitrogens with zero attached hydrogens (tertiary/aromatic N) is 2. The first-order valence-corrected chi connectivity index (χ1v) is 5.41. The molecule has 5 nitrogen and oxygen atoms in total. The first-order chi connectivity index (χ1) is 7.31. The summed E-state index contributed by atoms with van der Waals surface area (Å²) in [6.45, 7) is 4.76. The molecule has 4 N–H and O–H groups in total. The van der Waals surface area contributed by atoms with Gasteiger partial charge in [-0.3, -0.25) is 0 Å². The zero-order chi connectivity index (χ0) is 10.7. The van der Waals surface area contributed by atoms with E-state index in [1.807, 2.05) is 6.92 Å². The second-order valence-corrected chi connectivity index (χ2v) is 3.64. The summed E-state index contributed by atoms with van der Waals surface area (Å²) in [5.74, 6) is 1.27. The average molecular weight is 207 g/mol.